The second kappa shape index (κ2) is 8.92. The molecule has 1 aliphatic heterocycles. The molecular formula is C22H28N4O4S. The number of nitrogens with zero attached hydrogens (tertiary/aromatic N) is 4. The number of amides is 2. The van der Waals surface area contributed by atoms with E-state index in [4.69, 9.17) is 4.74 Å². The standard InChI is InChI=1S/C22H28N4O4S/c1-4-30-18-9-15(7-8-17(18)13(2)27)16-10-19(28)26(11-16)12-20(29)25(3)22-24-23-21(31-22)14-5-6-14/h7-9,13-14,16,27H,4-6,10-12H2,1-3H3/t13?,16-/m1/s1. The highest BCUT2D eigenvalue weighted by molar-refractivity contribution is 7.15. The Morgan fingerprint density at radius 3 is 2.81 bits per heavy atom. The van der Waals surface area contributed by atoms with Crippen LogP contribution in [0.5, 0.6) is 5.75 Å². The molecule has 2 aliphatic rings. The van der Waals surface area contributed by atoms with E-state index in [1.807, 2.05) is 25.1 Å². The third-order valence-electron chi connectivity index (χ3n) is 5.82. The Labute approximate surface area is 185 Å². The van der Waals surface area contributed by atoms with Crippen molar-refractivity contribution in [3.05, 3.63) is 34.3 Å². The molecule has 1 unspecified atom stereocenters. The van der Waals surface area contributed by atoms with Gasteiger partial charge in [-0.1, -0.05) is 23.5 Å². The minimum absolute atomic E-state index is 0.0177. The number of aliphatic hydroxyl groups is 1. The van der Waals surface area contributed by atoms with Crippen molar-refractivity contribution < 1.29 is 19.4 Å². The molecule has 0 spiro atoms. The molecule has 1 aliphatic carbocycles. The van der Waals surface area contributed by atoms with E-state index in [0.29, 0.717) is 36.4 Å². The molecule has 8 nitrogen and oxygen atoms in total. The number of aromatic nitrogens is 2. The minimum atomic E-state index is -0.633. The Balaban J connectivity index is 1.41. The molecule has 2 amide bonds. The molecule has 2 aromatic rings. The summed E-state index contributed by atoms with van der Waals surface area (Å²) in [6, 6.07) is 5.69. The maximum atomic E-state index is 12.8. The lowest BCUT2D eigenvalue weighted by Crippen LogP contribution is -2.39. The summed E-state index contributed by atoms with van der Waals surface area (Å²) in [5, 5.41) is 19.8. The number of likely N-dealkylation sites (tertiary alicyclic amines) is 1. The zero-order valence-electron chi connectivity index (χ0n) is 18.1. The first kappa shape index (κ1) is 21.7. The maximum Gasteiger partial charge on any atom is 0.248 e. The Kier molecular flexibility index (Phi) is 6.24. The van der Waals surface area contributed by atoms with Crippen molar-refractivity contribution in [2.75, 3.05) is 31.6 Å². The molecule has 2 atom stereocenters. The van der Waals surface area contributed by atoms with Crippen LogP contribution >= 0.6 is 11.3 Å². The van der Waals surface area contributed by atoms with Crippen LogP contribution in [0.15, 0.2) is 18.2 Å². The Morgan fingerprint density at radius 1 is 1.35 bits per heavy atom. The van der Waals surface area contributed by atoms with Crippen LogP contribution in [0.3, 0.4) is 0 Å². The second-order valence-corrected chi connectivity index (χ2v) is 9.22. The molecule has 9 heteroatoms. The van der Waals surface area contributed by atoms with Gasteiger partial charge in [0.05, 0.1) is 12.7 Å². The first-order valence-electron chi connectivity index (χ1n) is 10.7. The van der Waals surface area contributed by atoms with Crippen molar-refractivity contribution in [3.8, 4) is 5.75 Å². The molecule has 31 heavy (non-hydrogen) atoms. The van der Waals surface area contributed by atoms with Crippen LogP contribution in [0, 0.1) is 0 Å². The average molecular weight is 445 g/mol. The van der Waals surface area contributed by atoms with Crippen molar-refractivity contribution in [2.45, 2.75) is 51.0 Å². The maximum absolute atomic E-state index is 12.8. The molecule has 1 aromatic heterocycles. The van der Waals surface area contributed by atoms with E-state index in [1.165, 1.54) is 16.2 Å². The van der Waals surface area contributed by atoms with Crippen molar-refractivity contribution in [1.29, 1.82) is 0 Å². The molecule has 1 aromatic carbocycles. The summed E-state index contributed by atoms with van der Waals surface area (Å²) < 4.78 is 5.69. The number of hydrogen-bond donors (Lipinski definition) is 1. The van der Waals surface area contributed by atoms with E-state index in [9.17, 15) is 14.7 Å². The monoisotopic (exact) mass is 444 g/mol. The van der Waals surface area contributed by atoms with E-state index < -0.39 is 6.10 Å². The highest BCUT2D eigenvalue weighted by Gasteiger charge is 2.34. The zero-order chi connectivity index (χ0) is 22.1. The predicted octanol–water partition coefficient (Wildman–Crippen LogP) is 2.85. The quantitative estimate of drug-likeness (QED) is 0.673. The summed E-state index contributed by atoms with van der Waals surface area (Å²) in [6.45, 7) is 4.59. The third kappa shape index (κ3) is 4.72. The zero-order valence-corrected chi connectivity index (χ0v) is 18.9. The Morgan fingerprint density at radius 2 is 2.13 bits per heavy atom. The number of carbonyl (C=O) groups is 2. The van der Waals surface area contributed by atoms with Crippen molar-refractivity contribution in [2.24, 2.45) is 0 Å². The SMILES string of the molecule is CCOc1cc([C@@H]2CC(=O)N(CC(=O)N(C)c3nnc(C4CC4)s3)C2)ccc1C(C)O. The third-order valence-corrected chi connectivity index (χ3v) is 6.98. The largest absolute Gasteiger partial charge is 0.493 e. The lowest BCUT2D eigenvalue weighted by Gasteiger charge is -2.20. The summed E-state index contributed by atoms with van der Waals surface area (Å²) in [6.07, 6.45) is 1.99. The second-order valence-electron chi connectivity index (χ2n) is 8.23. The van der Waals surface area contributed by atoms with E-state index in [1.54, 1.807) is 18.9 Å². The van der Waals surface area contributed by atoms with Gasteiger partial charge in [0.1, 0.15) is 17.3 Å². The van der Waals surface area contributed by atoms with Gasteiger partial charge in [-0.2, -0.15) is 0 Å². The van der Waals surface area contributed by atoms with E-state index in [0.717, 1.165) is 29.0 Å². The number of aliphatic hydroxyl groups excluding tert-OH is 1. The number of benzene rings is 1. The highest BCUT2D eigenvalue weighted by atomic mass is 32.1. The fourth-order valence-electron chi connectivity index (χ4n) is 3.81. The first-order chi connectivity index (χ1) is 14.9. The van der Waals surface area contributed by atoms with Gasteiger partial charge in [-0.05, 0) is 38.3 Å². The van der Waals surface area contributed by atoms with Crippen molar-refractivity contribution in [3.63, 3.8) is 0 Å². The molecule has 2 heterocycles. The summed E-state index contributed by atoms with van der Waals surface area (Å²) in [4.78, 5) is 28.5. The van der Waals surface area contributed by atoms with E-state index in [2.05, 4.69) is 10.2 Å². The average Bonchev–Trinajstić information content (AvgIpc) is 3.36. The molecule has 1 saturated carbocycles. The van der Waals surface area contributed by atoms with Crippen LogP contribution in [0.1, 0.15) is 67.2 Å². The van der Waals surface area contributed by atoms with Crippen LogP contribution in [0.4, 0.5) is 5.13 Å². The number of anilines is 1. The highest BCUT2D eigenvalue weighted by Crippen LogP contribution is 2.42. The van der Waals surface area contributed by atoms with Gasteiger partial charge in [0, 0.05) is 37.4 Å². The van der Waals surface area contributed by atoms with Crippen LogP contribution < -0.4 is 9.64 Å². The molecule has 0 radical (unpaired) electrons. The summed E-state index contributed by atoms with van der Waals surface area (Å²) in [5.74, 6) is 0.903. The lowest BCUT2D eigenvalue weighted by atomic mass is 9.95. The number of ether oxygens (including phenoxy) is 1. The van der Waals surface area contributed by atoms with E-state index in [-0.39, 0.29) is 24.3 Å². The van der Waals surface area contributed by atoms with Gasteiger partial charge in [0.25, 0.3) is 0 Å². The number of carbonyl (C=O) groups excluding carboxylic acids is 2. The first-order valence-corrected chi connectivity index (χ1v) is 11.5. The molecule has 1 saturated heterocycles. The summed E-state index contributed by atoms with van der Waals surface area (Å²) in [5.41, 5.74) is 1.70. The fourth-order valence-corrected chi connectivity index (χ4v) is 4.80. The summed E-state index contributed by atoms with van der Waals surface area (Å²) >= 11 is 1.45. The van der Waals surface area contributed by atoms with Crippen LogP contribution in [0.25, 0.3) is 0 Å². The van der Waals surface area contributed by atoms with Gasteiger partial charge < -0.3 is 14.7 Å². The molecule has 2 fully saturated rings. The topological polar surface area (TPSA) is 95.9 Å². The molecular weight excluding hydrogens is 416 g/mol. The smallest absolute Gasteiger partial charge is 0.248 e. The van der Waals surface area contributed by atoms with Gasteiger partial charge in [0.2, 0.25) is 16.9 Å². The van der Waals surface area contributed by atoms with E-state index >= 15 is 0 Å². The molecule has 4 rings (SSSR count). The van der Waals surface area contributed by atoms with Crippen LogP contribution in [-0.4, -0.2) is 58.8 Å². The van der Waals surface area contributed by atoms with Crippen LogP contribution in [0.2, 0.25) is 0 Å². The molecule has 0 bridgehead atoms. The number of hydrogen-bond acceptors (Lipinski definition) is 7. The number of rotatable bonds is 8. The Bertz CT molecular complexity index is 972. The minimum Gasteiger partial charge on any atom is -0.493 e. The van der Waals surface area contributed by atoms with Gasteiger partial charge in [-0.25, -0.2) is 0 Å². The normalized spacial score (nSPS) is 19.5. The van der Waals surface area contributed by atoms with Gasteiger partial charge in [-0.3, -0.25) is 14.5 Å². The van der Waals surface area contributed by atoms with Crippen LogP contribution in [-0.2, 0) is 9.59 Å². The molecule has 1 N–H and O–H groups in total. The van der Waals surface area contributed by atoms with Crippen molar-refractivity contribution >= 4 is 28.3 Å². The van der Waals surface area contributed by atoms with Gasteiger partial charge in [-0.15, -0.1) is 10.2 Å². The molecule has 166 valence electrons. The van der Waals surface area contributed by atoms with Gasteiger partial charge >= 0.3 is 0 Å². The van der Waals surface area contributed by atoms with Crippen molar-refractivity contribution in [1.82, 2.24) is 15.1 Å². The summed E-state index contributed by atoms with van der Waals surface area (Å²) in [7, 11) is 1.68. The predicted molar refractivity (Wildman–Crippen MR) is 117 cm³/mol. The number of likely N-dealkylation sites (N-methyl/N-ethyl adjacent to an activating group) is 1. The van der Waals surface area contributed by atoms with Gasteiger partial charge in [0.15, 0.2) is 0 Å². The Hall–Kier alpha value is -2.52. The fraction of sp³-hybridized carbons (Fsp3) is 0.545. The lowest BCUT2D eigenvalue weighted by molar-refractivity contribution is -0.132.